The number of aromatic amines is 1. The SMILES string of the molecule is CCC(=C(c1ccc(C=CC(=O)O)cc1)c1ccc2[nH]ncc2c1)c1cccc(C#N)c1. The van der Waals surface area contributed by atoms with Gasteiger partial charge in [0.1, 0.15) is 0 Å². The zero-order valence-corrected chi connectivity index (χ0v) is 17.5. The molecule has 0 aliphatic carbocycles. The average Bonchev–Trinajstić information content (AvgIpc) is 3.29. The fourth-order valence-corrected chi connectivity index (χ4v) is 3.84. The molecular formula is C27H21N3O2. The van der Waals surface area contributed by atoms with Crippen molar-refractivity contribution < 1.29 is 9.90 Å². The maximum absolute atomic E-state index is 10.8. The van der Waals surface area contributed by atoms with Crippen LogP contribution in [0.2, 0.25) is 0 Å². The lowest BCUT2D eigenvalue weighted by molar-refractivity contribution is -0.131. The molecule has 0 fully saturated rings. The van der Waals surface area contributed by atoms with Gasteiger partial charge in [0.2, 0.25) is 0 Å². The van der Waals surface area contributed by atoms with Crippen molar-refractivity contribution in [2.75, 3.05) is 0 Å². The summed E-state index contributed by atoms with van der Waals surface area (Å²) in [6.45, 7) is 2.11. The first kappa shape index (κ1) is 20.8. The standard InChI is InChI=1S/C27H21N3O2/c1-2-24(21-5-3-4-19(14-21)16-28)27(22-11-12-25-23(15-22)17-29-30-25)20-9-6-18(7-10-20)8-13-26(31)32/h3-15,17H,2H2,1H3,(H,29,30)(H,31,32). The van der Waals surface area contributed by atoms with Gasteiger partial charge in [-0.25, -0.2) is 4.79 Å². The highest BCUT2D eigenvalue weighted by Gasteiger charge is 2.14. The largest absolute Gasteiger partial charge is 0.478 e. The predicted octanol–water partition coefficient (Wildman–Crippen LogP) is 5.90. The lowest BCUT2D eigenvalue weighted by Crippen LogP contribution is -1.96. The number of rotatable bonds is 6. The van der Waals surface area contributed by atoms with Gasteiger partial charge in [-0.2, -0.15) is 10.4 Å². The molecular weight excluding hydrogens is 398 g/mol. The number of aromatic nitrogens is 2. The van der Waals surface area contributed by atoms with Crippen molar-refractivity contribution in [2.45, 2.75) is 13.3 Å². The van der Waals surface area contributed by atoms with Crippen LogP contribution in [0, 0.1) is 11.3 Å². The third-order valence-electron chi connectivity index (χ3n) is 5.34. The Hall–Kier alpha value is -4.43. The molecule has 3 aromatic carbocycles. The van der Waals surface area contributed by atoms with E-state index < -0.39 is 5.97 Å². The summed E-state index contributed by atoms with van der Waals surface area (Å²) in [5, 5.41) is 26.4. The number of carbonyl (C=O) groups is 1. The summed E-state index contributed by atoms with van der Waals surface area (Å²) in [4.78, 5) is 10.8. The van der Waals surface area contributed by atoms with Gasteiger partial charge in [-0.1, -0.05) is 49.4 Å². The van der Waals surface area contributed by atoms with E-state index in [-0.39, 0.29) is 0 Å². The molecule has 4 rings (SSSR count). The first-order valence-electron chi connectivity index (χ1n) is 10.3. The van der Waals surface area contributed by atoms with E-state index in [4.69, 9.17) is 5.11 Å². The molecule has 5 nitrogen and oxygen atoms in total. The number of hydrogen-bond acceptors (Lipinski definition) is 3. The molecule has 32 heavy (non-hydrogen) atoms. The number of carboxylic acid groups (broad SMARTS) is 1. The second kappa shape index (κ2) is 9.15. The Labute approximate surface area is 186 Å². The average molecular weight is 419 g/mol. The summed E-state index contributed by atoms with van der Waals surface area (Å²) in [6, 6.07) is 23.9. The minimum atomic E-state index is -0.978. The molecule has 0 saturated heterocycles. The third kappa shape index (κ3) is 4.35. The smallest absolute Gasteiger partial charge is 0.328 e. The molecule has 0 radical (unpaired) electrons. The summed E-state index contributed by atoms with van der Waals surface area (Å²) >= 11 is 0. The van der Waals surface area contributed by atoms with E-state index >= 15 is 0 Å². The molecule has 156 valence electrons. The highest BCUT2D eigenvalue weighted by atomic mass is 16.4. The van der Waals surface area contributed by atoms with Crippen molar-refractivity contribution >= 4 is 34.1 Å². The summed E-state index contributed by atoms with van der Waals surface area (Å²) in [5.41, 5.74) is 7.65. The number of benzene rings is 3. The van der Waals surface area contributed by atoms with E-state index in [1.54, 1.807) is 18.3 Å². The van der Waals surface area contributed by atoms with E-state index in [2.05, 4.69) is 35.3 Å². The molecule has 0 amide bonds. The second-order valence-corrected chi connectivity index (χ2v) is 7.37. The second-order valence-electron chi connectivity index (χ2n) is 7.37. The van der Waals surface area contributed by atoms with E-state index in [1.807, 2.05) is 48.5 Å². The van der Waals surface area contributed by atoms with Gasteiger partial charge in [-0.05, 0) is 70.2 Å². The molecule has 5 heteroatoms. The van der Waals surface area contributed by atoms with Crippen LogP contribution < -0.4 is 0 Å². The number of nitrogens with one attached hydrogen (secondary N) is 1. The van der Waals surface area contributed by atoms with Gasteiger partial charge < -0.3 is 5.11 Å². The molecule has 0 spiro atoms. The molecule has 1 heterocycles. The molecule has 0 saturated carbocycles. The van der Waals surface area contributed by atoms with E-state index in [9.17, 15) is 10.1 Å². The first-order valence-corrected chi connectivity index (χ1v) is 10.3. The summed E-state index contributed by atoms with van der Waals surface area (Å²) < 4.78 is 0. The van der Waals surface area contributed by atoms with Crippen LogP contribution in [0.3, 0.4) is 0 Å². The van der Waals surface area contributed by atoms with Crippen LogP contribution in [0.4, 0.5) is 0 Å². The lowest BCUT2D eigenvalue weighted by atomic mass is 9.87. The van der Waals surface area contributed by atoms with Crippen LogP contribution >= 0.6 is 0 Å². The predicted molar refractivity (Wildman–Crippen MR) is 127 cm³/mol. The van der Waals surface area contributed by atoms with Gasteiger partial charge in [0.05, 0.1) is 23.3 Å². The number of fused-ring (bicyclic) bond motifs is 1. The molecule has 0 bridgehead atoms. The number of nitriles is 1. The number of allylic oxidation sites excluding steroid dienone is 1. The van der Waals surface area contributed by atoms with Gasteiger partial charge >= 0.3 is 5.97 Å². The van der Waals surface area contributed by atoms with E-state index in [0.29, 0.717) is 5.56 Å². The Morgan fingerprint density at radius 3 is 2.56 bits per heavy atom. The molecule has 0 aliphatic rings. The maximum Gasteiger partial charge on any atom is 0.328 e. The van der Waals surface area contributed by atoms with Crippen LogP contribution in [-0.4, -0.2) is 21.3 Å². The molecule has 4 aromatic rings. The summed E-state index contributed by atoms with van der Waals surface area (Å²) in [5.74, 6) is -0.978. The number of H-pyrrole nitrogens is 1. The quantitative estimate of drug-likeness (QED) is 0.301. The number of aliphatic carboxylic acids is 1. The topological polar surface area (TPSA) is 89.8 Å². The Kier molecular flexibility index (Phi) is 5.96. The van der Waals surface area contributed by atoms with Gasteiger partial charge in [0.15, 0.2) is 0 Å². The van der Waals surface area contributed by atoms with Crippen molar-refractivity contribution in [1.82, 2.24) is 10.2 Å². The van der Waals surface area contributed by atoms with Crippen molar-refractivity contribution in [1.29, 1.82) is 5.26 Å². The minimum absolute atomic E-state index is 0.618. The molecule has 1 aromatic heterocycles. The van der Waals surface area contributed by atoms with E-state index in [1.165, 1.54) is 0 Å². The van der Waals surface area contributed by atoms with Crippen molar-refractivity contribution in [3.63, 3.8) is 0 Å². The van der Waals surface area contributed by atoms with Gasteiger partial charge in [-0.15, -0.1) is 0 Å². The van der Waals surface area contributed by atoms with Gasteiger partial charge in [-0.3, -0.25) is 5.10 Å². The number of carboxylic acids is 1. The van der Waals surface area contributed by atoms with Crippen LogP contribution in [0.1, 0.15) is 41.2 Å². The van der Waals surface area contributed by atoms with Gasteiger partial charge in [0.25, 0.3) is 0 Å². The highest BCUT2D eigenvalue weighted by molar-refractivity contribution is 6.00. The Balaban J connectivity index is 1.92. The fourth-order valence-electron chi connectivity index (χ4n) is 3.84. The first-order chi connectivity index (χ1) is 15.6. The molecule has 0 unspecified atom stereocenters. The Bertz CT molecular complexity index is 1390. The fraction of sp³-hybridized carbons (Fsp3) is 0.0741. The highest BCUT2D eigenvalue weighted by Crippen LogP contribution is 2.35. The Morgan fingerprint density at radius 2 is 1.84 bits per heavy atom. The van der Waals surface area contributed by atoms with Crippen molar-refractivity contribution in [2.24, 2.45) is 0 Å². The Morgan fingerprint density at radius 1 is 1.06 bits per heavy atom. The molecule has 0 aliphatic heterocycles. The van der Waals surface area contributed by atoms with E-state index in [0.717, 1.165) is 56.8 Å². The summed E-state index contributed by atoms with van der Waals surface area (Å²) in [6.07, 6.45) is 5.28. The van der Waals surface area contributed by atoms with Crippen molar-refractivity contribution in [3.8, 4) is 6.07 Å². The zero-order chi connectivity index (χ0) is 22.5. The lowest BCUT2D eigenvalue weighted by Gasteiger charge is -2.17. The molecule has 0 atom stereocenters. The monoisotopic (exact) mass is 419 g/mol. The van der Waals surface area contributed by atoms with Crippen LogP contribution in [0.5, 0.6) is 0 Å². The number of nitrogens with zero attached hydrogens (tertiary/aromatic N) is 2. The van der Waals surface area contributed by atoms with Crippen molar-refractivity contribution in [3.05, 3.63) is 107 Å². The summed E-state index contributed by atoms with van der Waals surface area (Å²) in [7, 11) is 0. The van der Waals surface area contributed by atoms with Crippen LogP contribution in [-0.2, 0) is 4.79 Å². The van der Waals surface area contributed by atoms with Crippen LogP contribution in [0.25, 0.3) is 28.1 Å². The van der Waals surface area contributed by atoms with Crippen LogP contribution in [0.15, 0.2) is 79.0 Å². The third-order valence-corrected chi connectivity index (χ3v) is 5.34. The van der Waals surface area contributed by atoms with Gasteiger partial charge in [0, 0.05) is 11.5 Å². The normalized spacial score (nSPS) is 12.0. The number of hydrogen-bond donors (Lipinski definition) is 2. The molecule has 2 N–H and O–H groups in total. The minimum Gasteiger partial charge on any atom is -0.478 e. The maximum atomic E-state index is 10.8. The zero-order valence-electron chi connectivity index (χ0n) is 17.5.